The van der Waals surface area contributed by atoms with Crippen molar-refractivity contribution in [3.05, 3.63) is 58.0 Å². The second-order valence-electron chi connectivity index (χ2n) is 5.68. The summed E-state index contributed by atoms with van der Waals surface area (Å²) in [5.74, 6) is 0.122. The van der Waals surface area contributed by atoms with Crippen LogP contribution >= 0.6 is 27.5 Å². The summed E-state index contributed by atoms with van der Waals surface area (Å²) in [6, 6.07) is 15.6. The van der Waals surface area contributed by atoms with Crippen LogP contribution in [0.2, 0.25) is 5.02 Å². The van der Waals surface area contributed by atoms with Crippen LogP contribution in [0.5, 0.6) is 0 Å². The molecule has 0 aromatic heterocycles. The van der Waals surface area contributed by atoms with Gasteiger partial charge in [-0.05, 0) is 36.4 Å². The van der Waals surface area contributed by atoms with Crippen molar-refractivity contribution in [1.82, 2.24) is 4.90 Å². The summed E-state index contributed by atoms with van der Waals surface area (Å²) < 4.78 is 1.02. The van der Waals surface area contributed by atoms with Gasteiger partial charge in [0, 0.05) is 36.3 Å². The van der Waals surface area contributed by atoms with Gasteiger partial charge in [0.1, 0.15) is 0 Å². The number of rotatable bonds is 4. The number of para-hydroxylation sites is 1. The first kappa shape index (κ1) is 17.1. The van der Waals surface area contributed by atoms with Crippen LogP contribution in [0, 0.1) is 0 Å². The van der Waals surface area contributed by atoms with Gasteiger partial charge in [0.2, 0.25) is 5.91 Å². The zero-order valence-electron chi connectivity index (χ0n) is 13.2. The number of carbonyl (C=O) groups is 1. The Morgan fingerprint density at radius 2 is 1.71 bits per heavy atom. The number of carbonyl (C=O) groups excluding carboxylic acids is 1. The first-order valence-corrected chi connectivity index (χ1v) is 9.07. The Balaban J connectivity index is 1.50. The lowest BCUT2D eigenvalue weighted by atomic mass is 10.2. The zero-order chi connectivity index (χ0) is 16.9. The van der Waals surface area contributed by atoms with Crippen LogP contribution in [0.1, 0.15) is 0 Å². The quantitative estimate of drug-likeness (QED) is 0.834. The van der Waals surface area contributed by atoms with Crippen molar-refractivity contribution >= 4 is 44.8 Å². The van der Waals surface area contributed by atoms with Crippen LogP contribution in [-0.4, -0.2) is 43.5 Å². The molecule has 1 aliphatic heterocycles. The number of anilines is 2. The molecule has 126 valence electrons. The summed E-state index contributed by atoms with van der Waals surface area (Å²) in [5.41, 5.74) is 1.99. The highest BCUT2D eigenvalue weighted by molar-refractivity contribution is 9.10. The molecule has 0 aliphatic carbocycles. The third-order valence-corrected chi connectivity index (χ3v) is 4.96. The number of nitrogens with one attached hydrogen (secondary N) is 1. The van der Waals surface area contributed by atoms with E-state index in [0.717, 1.165) is 34.0 Å². The molecule has 3 rings (SSSR count). The minimum atomic E-state index is 0.122. The van der Waals surface area contributed by atoms with Crippen LogP contribution in [0.4, 0.5) is 11.4 Å². The molecule has 0 bridgehead atoms. The molecule has 0 atom stereocenters. The van der Waals surface area contributed by atoms with Gasteiger partial charge < -0.3 is 15.1 Å². The molecular weight excluding hydrogens is 390 g/mol. The summed E-state index contributed by atoms with van der Waals surface area (Å²) in [7, 11) is 0. The summed E-state index contributed by atoms with van der Waals surface area (Å²) in [6.07, 6.45) is 0. The van der Waals surface area contributed by atoms with Gasteiger partial charge in [-0.1, -0.05) is 39.7 Å². The van der Waals surface area contributed by atoms with Gasteiger partial charge in [-0.25, -0.2) is 0 Å². The van der Waals surface area contributed by atoms with Crippen molar-refractivity contribution in [3.63, 3.8) is 0 Å². The van der Waals surface area contributed by atoms with Crippen LogP contribution < -0.4 is 10.2 Å². The SMILES string of the molecule is O=C(CNc1ccc(Br)cc1)N1CCN(c2ccccc2Cl)CC1. The van der Waals surface area contributed by atoms with Crippen molar-refractivity contribution in [2.24, 2.45) is 0 Å². The van der Waals surface area contributed by atoms with E-state index in [1.165, 1.54) is 0 Å². The standard InChI is InChI=1S/C18H19BrClN3O/c19-14-5-7-15(8-6-14)21-13-18(24)23-11-9-22(10-12-23)17-4-2-1-3-16(17)20/h1-8,21H,9-13H2. The number of hydrogen-bond acceptors (Lipinski definition) is 3. The summed E-state index contributed by atoms with van der Waals surface area (Å²) in [6.45, 7) is 3.34. The number of piperazine rings is 1. The molecule has 6 heteroatoms. The minimum absolute atomic E-state index is 0.122. The topological polar surface area (TPSA) is 35.6 Å². The van der Waals surface area contributed by atoms with Crippen molar-refractivity contribution in [2.75, 3.05) is 42.9 Å². The highest BCUT2D eigenvalue weighted by Gasteiger charge is 2.21. The Morgan fingerprint density at radius 1 is 1.04 bits per heavy atom. The van der Waals surface area contributed by atoms with E-state index in [1.54, 1.807) is 0 Å². The maximum absolute atomic E-state index is 12.4. The predicted molar refractivity (Wildman–Crippen MR) is 103 cm³/mol. The van der Waals surface area contributed by atoms with E-state index in [4.69, 9.17) is 11.6 Å². The van der Waals surface area contributed by atoms with Crippen molar-refractivity contribution in [3.8, 4) is 0 Å². The Bertz CT molecular complexity index is 700. The molecule has 24 heavy (non-hydrogen) atoms. The molecule has 1 amide bonds. The highest BCUT2D eigenvalue weighted by atomic mass is 79.9. The fourth-order valence-corrected chi connectivity index (χ4v) is 3.28. The maximum atomic E-state index is 12.4. The van der Waals surface area contributed by atoms with Gasteiger partial charge in [0.25, 0.3) is 0 Å². The van der Waals surface area contributed by atoms with Gasteiger partial charge in [0.05, 0.1) is 17.3 Å². The molecule has 0 radical (unpaired) electrons. The van der Waals surface area contributed by atoms with Crippen molar-refractivity contribution in [2.45, 2.75) is 0 Å². The Labute approximate surface area is 155 Å². The lowest BCUT2D eigenvalue weighted by molar-refractivity contribution is -0.129. The smallest absolute Gasteiger partial charge is 0.241 e. The Hall–Kier alpha value is -1.72. The monoisotopic (exact) mass is 407 g/mol. The van der Waals surface area contributed by atoms with E-state index in [1.807, 2.05) is 53.4 Å². The molecule has 1 fully saturated rings. The van der Waals surface area contributed by atoms with Crippen LogP contribution in [0.25, 0.3) is 0 Å². The van der Waals surface area contributed by atoms with Crippen LogP contribution in [-0.2, 0) is 4.79 Å². The number of nitrogens with zero attached hydrogens (tertiary/aromatic N) is 2. The molecule has 0 unspecified atom stereocenters. The molecule has 1 aliphatic rings. The molecule has 0 saturated carbocycles. The molecule has 2 aromatic carbocycles. The fourth-order valence-electron chi connectivity index (χ4n) is 2.76. The highest BCUT2D eigenvalue weighted by Crippen LogP contribution is 2.26. The number of halogens is 2. The third-order valence-electron chi connectivity index (χ3n) is 4.11. The van der Waals surface area contributed by atoms with E-state index < -0.39 is 0 Å². The van der Waals surface area contributed by atoms with E-state index in [2.05, 4.69) is 26.1 Å². The molecule has 0 spiro atoms. The average Bonchev–Trinajstić information content (AvgIpc) is 2.61. The summed E-state index contributed by atoms with van der Waals surface area (Å²) >= 11 is 9.65. The van der Waals surface area contributed by atoms with E-state index in [9.17, 15) is 4.79 Å². The summed E-state index contributed by atoms with van der Waals surface area (Å²) in [4.78, 5) is 16.5. The Kier molecular flexibility index (Phi) is 5.63. The third kappa shape index (κ3) is 4.22. The van der Waals surface area contributed by atoms with Crippen molar-refractivity contribution in [1.29, 1.82) is 0 Å². The second-order valence-corrected chi connectivity index (χ2v) is 7.00. The zero-order valence-corrected chi connectivity index (χ0v) is 15.6. The summed E-state index contributed by atoms with van der Waals surface area (Å²) in [5, 5.41) is 3.93. The molecule has 2 aromatic rings. The molecular formula is C18H19BrClN3O. The van der Waals surface area contributed by atoms with E-state index >= 15 is 0 Å². The van der Waals surface area contributed by atoms with Gasteiger partial charge >= 0.3 is 0 Å². The molecule has 1 N–H and O–H groups in total. The number of hydrogen-bond donors (Lipinski definition) is 1. The Morgan fingerprint density at radius 3 is 2.38 bits per heavy atom. The number of benzene rings is 2. The van der Waals surface area contributed by atoms with Crippen molar-refractivity contribution < 1.29 is 4.79 Å². The maximum Gasteiger partial charge on any atom is 0.241 e. The molecule has 1 saturated heterocycles. The first-order chi connectivity index (χ1) is 11.6. The predicted octanol–water partition coefficient (Wildman–Crippen LogP) is 3.86. The first-order valence-electron chi connectivity index (χ1n) is 7.90. The van der Waals surface area contributed by atoms with E-state index in [-0.39, 0.29) is 5.91 Å². The minimum Gasteiger partial charge on any atom is -0.376 e. The fraction of sp³-hybridized carbons (Fsp3) is 0.278. The van der Waals surface area contributed by atoms with Gasteiger partial charge in [-0.15, -0.1) is 0 Å². The van der Waals surface area contributed by atoms with Gasteiger partial charge in [-0.2, -0.15) is 0 Å². The van der Waals surface area contributed by atoms with Gasteiger partial charge in [-0.3, -0.25) is 4.79 Å². The lowest BCUT2D eigenvalue weighted by Gasteiger charge is -2.36. The van der Waals surface area contributed by atoms with E-state index in [0.29, 0.717) is 19.6 Å². The number of amides is 1. The van der Waals surface area contributed by atoms with Gasteiger partial charge in [0.15, 0.2) is 0 Å². The van der Waals surface area contributed by atoms with Crippen LogP contribution in [0.3, 0.4) is 0 Å². The largest absolute Gasteiger partial charge is 0.376 e. The van der Waals surface area contributed by atoms with Crippen LogP contribution in [0.15, 0.2) is 53.0 Å². The lowest BCUT2D eigenvalue weighted by Crippen LogP contribution is -2.50. The second kappa shape index (κ2) is 7.90. The average molecular weight is 409 g/mol. The molecule has 1 heterocycles. The molecule has 4 nitrogen and oxygen atoms in total. The normalized spacial score (nSPS) is 14.6.